The van der Waals surface area contributed by atoms with Gasteiger partial charge in [-0.15, -0.1) is 0 Å². The van der Waals surface area contributed by atoms with Gasteiger partial charge >= 0.3 is 0 Å². The smallest absolute Gasteiger partial charge is 0.207 e. The van der Waals surface area contributed by atoms with E-state index in [0.29, 0.717) is 12.1 Å². The molecule has 2 aromatic rings. The Hall–Kier alpha value is -1.12. The summed E-state index contributed by atoms with van der Waals surface area (Å²) in [6.45, 7) is 6.33. The quantitative estimate of drug-likeness (QED) is 0.519. The minimum absolute atomic E-state index is 0.384. The second-order valence-electron chi connectivity index (χ2n) is 8.00. The fraction of sp³-hybridized carbons (Fsp3) is 0.722. The fourth-order valence-electron chi connectivity index (χ4n) is 4.48. The average Bonchev–Trinajstić information content (AvgIpc) is 3.28. The van der Waals surface area contributed by atoms with E-state index in [1.165, 1.54) is 25.7 Å². The van der Waals surface area contributed by atoms with Crippen molar-refractivity contribution in [3.63, 3.8) is 0 Å². The third-order valence-corrected chi connectivity index (χ3v) is 7.25. The molecule has 2 aliphatic rings. The van der Waals surface area contributed by atoms with Gasteiger partial charge in [0.25, 0.3) is 0 Å². The van der Waals surface area contributed by atoms with Crippen molar-refractivity contribution in [2.75, 3.05) is 15.1 Å². The number of anilines is 2. The summed E-state index contributed by atoms with van der Waals surface area (Å²) in [5.41, 5.74) is 1.85. The highest BCUT2D eigenvalue weighted by Crippen LogP contribution is 2.48. The molecular formula is C18H27IN6. The molecule has 3 atom stereocenters. The van der Waals surface area contributed by atoms with Crippen LogP contribution in [0.25, 0.3) is 11.2 Å². The first-order chi connectivity index (χ1) is 11.9. The zero-order valence-electron chi connectivity index (χ0n) is 15.7. The minimum atomic E-state index is 0.384. The Morgan fingerprint density at radius 2 is 1.92 bits per heavy atom. The molecule has 7 heteroatoms. The number of nitrogens with zero attached hydrogens (tertiary/aromatic N) is 6. The van der Waals surface area contributed by atoms with Crippen molar-refractivity contribution >= 4 is 45.8 Å². The summed E-state index contributed by atoms with van der Waals surface area (Å²) in [7, 11) is 4.14. The van der Waals surface area contributed by atoms with Crippen molar-refractivity contribution in [1.82, 2.24) is 19.5 Å². The Labute approximate surface area is 163 Å². The van der Waals surface area contributed by atoms with E-state index in [9.17, 15) is 0 Å². The van der Waals surface area contributed by atoms with Gasteiger partial charge in [-0.05, 0) is 51.9 Å². The lowest BCUT2D eigenvalue weighted by Crippen LogP contribution is -2.32. The molecule has 25 heavy (non-hydrogen) atoms. The molecule has 136 valence electrons. The molecule has 4 rings (SSSR count). The molecule has 0 aliphatic heterocycles. The SMILES string of the molecule is Cc1nc(N(I)C2CC3CCC2C3)c2nc(N(C)C(C)C)n(C)c2n1. The van der Waals surface area contributed by atoms with Gasteiger partial charge in [0.2, 0.25) is 5.95 Å². The van der Waals surface area contributed by atoms with E-state index >= 15 is 0 Å². The van der Waals surface area contributed by atoms with Crippen LogP contribution in [0.15, 0.2) is 0 Å². The van der Waals surface area contributed by atoms with E-state index in [2.05, 4.69) is 68.4 Å². The van der Waals surface area contributed by atoms with Crippen LogP contribution in [-0.4, -0.2) is 38.7 Å². The number of aromatic nitrogens is 4. The maximum absolute atomic E-state index is 4.95. The summed E-state index contributed by atoms with van der Waals surface area (Å²) in [4.78, 5) is 16.6. The van der Waals surface area contributed by atoms with Gasteiger partial charge in [0.1, 0.15) is 5.82 Å². The summed E-state index contributed by atoms with van der Waals surface area (Å²) in [5.74, 6) is 4.48. The van der Waals surface area contributed by atoms with Crippen molar-refractivity contribution in [3.8, 4) is 0 Å². The first-order valence-corrected chi connectivity index (χ1v) is 10.2. The summed E-state index contributed by atoms with van der Waals surface area (Å²) < 4.78 is 4.46. The van der Waals surface area contributed by atoms with Gasteiger partial charge in [-0.25, -0.2) is 15.0 Å². The van der Waals surface area contributed by atoms with E-state index < -0.39 is 0 Å². The molecule has 2 saturated carbocycles. The Morgan fingerprint density at radius 1 is 1.16 bits per heavy atom. The molecule has 0 aromatic carbocycles. The summed E-state index contributed by atoms with van der Waals surface area (Å²) in [6.07, 6.45) is 5.47. The molecule has 0 radical (unpaired) electrons. The number of fused-ring (bicyclic) bond motifs is 3. The molecule has 0 amide bonds. The predicted molar refractivity (Wildman–Crippen MR) is 110 cm³/mol. The van der Waals surface area contributed by atoms with Crippen LogP contribution in [0.5, 0.6) is 0 Å². The molecule has 0 spiro atoms. The molecule has 3 unspecified atom stereocenters. The summed E-state index contributed by atoms with van der Waals surface area (Å²) >= 11 is 2.47. The third-order valence-electron chi connectivity index (χ3n) is 6.07. The van der Waals surface area contributed by atoms with Gasteiger partial charge in [-0.2, -0.15) is 0 Å². The topological polar surface area (TPSA) is 50.1 Å². The van der Waals surface area contributed by atoms with Crippen LogP contribution in [-0.2, 0) is 7.05 Å². The van der Waals surface area contributed by atoms with E-state index in [1.54, 1.807) is 0 Å². The molecule has 2 bridgehead atoms. The van der Waals surface area contributed by atoms with Crippen LogP contribution in [0.4, 0.5) is 11.8 Å². The first kappa shape index (κ1) is 17.3. The van der Waals surface area contributed by atoms with Crippen LogP contribution >= 0.6 is 22.9 Å². The highest BCUT2D eigenvalue weighted by atomic mass is 127. The van der Waals surface area contributed by atoms with Gasteiger partial charge in [-0.3, -0.25) is 7.68 Å². The Kier molecular flexibility index (Phi) is 4.32. The van der Waals surface area contributed by atoms with E-state index in [1.807, 2.05) is 6.92 Å². The molecule has 2 aliphatic carbocycles. The lowest BCUT2D eigenvalue weighted by atomic mass is 9.95. The van der Waals surface area contributed by atoms with Gasteiger partial charge in [0.05, 0.1) is 22.9 Å². The van der Waals surface area contributed by atoms with Crippen LogP contribution in [0, 0.1) is 18.8 Å². The molecule has 2 aromatic heterocycles. The average molecular weight is 454 g/mol. The van der Waals surface area contributed by atoms with Crippen molar-refractivity contribution in [2.24, 2.45) is 18.9 Å². The third kappa shape index (κ3) is 2.78. The summed E-state index contributed by atoms with van der Waals surface area (Å²) in [5, 5.41) is 0. The van der Waals surface area contributed by atoms with E-state index in [-0.39, 0.29) is 0 Å². The van der Waals surface area contributed by atoms with Gasteiger partial charge < -0.3 is 4.90 Å². The molecule has 0 N–H and O–H groups in total. The van der Waals surface area contributed by atoms with Crippen molar-refractivity contribution < 1.29 is 0 Å². The molecular weight excluding hydrogens is 427 g/mol. The second-order valence-corrected chi connectivity index (χ2v) is 9.04. The highest BCUT2D eigenvalue weighted by Gasteiger charge is 2.43. The number of rotatable bonds is 4. The van der Waals surface area contributed by atoms with E-state index in [4.69, 9.17) is 9.97 Å². The lowest BCUT2D eigenvalue weighted by Gasteiger charge is -2.30. The fourth-order valence-corrected chi connectivity index (χ4v) is 5.50. The Balaban J connectivity index is 1.79. The molecule has 2 fully saturated rings. The highest BCUT2D eigenvalue weighted by molar-refractivity contribution is 14.1. The van der Waals surface area contributed by atoms with Crippen molar-refractivity contribution in [3.05, 3.63) is 5.82 Å². The zero-order chi connectivity index (χ0) is 17.9. The maximum Gasteiger partial charge on any atom is 0.207 e. The number of halogens is 1. The molecule has 2 heterocycles. The number of hydrogen-bond donors (Lipinski definition) is 0. The first-order valence-electron chi connectivity index (χ1n) is 9.25. The van der Waals surface area contributed by atoms with Crippen LogP contribution in [0.2, 0.25) is 0 Å². The number of imidazole rings is 1. The van der Waals surface area contributed by atoms with Crippen LogP contribution in [0.1, 0.15) is 45.4 Å². The minimum Gasteiger partial charge on any atom is -0.343 e. The van der Waals surface area contributed by atoms with Gasteiger partial charge in [0, 0.05) is 26.2 Å². The Bertz CT molecular complexity index is 800. The van der Waals surface area contributed by atoms with Gasteiger partial charge in [0.15, 0.2) is 17.0 Å². The van der Waals surface area contributed by atoms with Crippen molar-refractivity contribution in [1.29, 1.82) is 0 Å². The normalized spacial score (nSPS) is 25.3. The number of aryl methyl sites for hydroxylation is 2. The molecule has 6 nitrogen and oxygen atoms in total. The zero-order valence-corrected chi connectivity index (χ0v) is 17.9. The maximum atomic E-state index is 4.95. The van der Waals surface area contributed by atoms with Gasteiger partial charge in [-0.1, -0.05) is 6.42 Å². The van der Waals surface area contributed by atoms with Crippen LogP contribution < -0.4 is 8.01 Å². The number of hydrogen-bond acceptors (Lipinski definition) is 5. The van der Waals surface area contributed by atoms with Crippen LogP contribution in [0.3, 0.4) is 0 Å². The Morgan fingerprint density at radius 3 is 2.52 bits per heavy atom. The van der Waals surface area contributed by atoms with Crippen molar-refractivity contribution in [2.45, 2.75) is 58.5 Å². The summed E-state index contributed by atoms with van der Waals surface area (Å²) in [6, 6.07) is 0.972. The largest absolute Gasteiger partial charge is 0.343 e. The monoisotopic (exact) mass is 454 g/mol. The predicted octanol–water partition coefficient (Wildman–Crippen LogP) is 3.86. The molecule has 0 saturated heterocycles. The second kappa shape index (κ2) is 6.25. The van der Waals surface area contributed by atoms with E-state index in [0.717, 1.165) is 40.6 Å². The standard InChI is InChI=1S/C18H27IN6/c1-10(2)23(4)18-22-15-16(24(18)5)20-11(3)21-17(15)25(19)14-9-12-6-7-13(14)8-12/h10,12-14H,6-9H2,1-5H3. The lowest BCUT2D eigenvalue weighted by molar-refractivity contribution is 0.427.